The lowest BCUT2D eigenvalue weighted by molar-refractivity contribution is 0.152. The minimum Gasteiger partial charge on any atom is -0.489 e. The average molecular weight is 341 g/mol. The number of hydrogen-bond acceptors (Lipinski definition) is 2. The lowest BCUT2D eigenvalue weighted by atomic mass is 9.99. The monoisotopic (exact) mass is 341 g/mol. The third-order valence-corrected chi connectivity index (χ3v) is 3.94. The Morgan fingerprint density at radius 3 is 2.53 bits per heavy atom. The first-order chi connectivity index (χ1) is 8.29. The van der Waals surface area contributed by atoms with Gasteiger partial charge in [-0.05, 0) is 66.1 Å². The highest BCUT2D eigenvalue weighted by atomic mass is 127. The second-order valence-corrected chi connectivity index (χ2v) is 5.73. The van der Waals surface area contributed by atoms with E-state index in [4.69, 9.17) is 4.74 Å². The fourth-order valence-corrected chi connectivity index (χ4v) is 2.61. The molecule has 0 bridgehead atoms. The molecule has 0 heterocycles. The largest absolute Gasteiger partial charge is 0.489 e. The van der Waals surface area contributed by atoms with Crippen LogP contribution in [0.5, 0.6) is 5.75 Å². The molecule has 0 saturated heterocycles. The van der Waals surface area contributed by atoms with Gasteiger partial charge >= 0.3 is 0 Å². The fraction of sp³-hybridized carbons (Fsp3) is 0.500. The van der Waals surface area contributed by atoms with Gasteiger partial charge in [0.1, 0.15) is 11.9 Å². The molecule has 2 atom stereocenters. The molecule has 1 aliphatic rings. The maximum atomic E-state index is 9.18. The summed E-state index contributed by atoms with van der Waals surface area (Å²) >= 11 is 2.28. The van der Waals surface area contributed by atoms with Crippen LogP contribution in [0.15, 0.2) is 24.3 Å². The molecule has 0 radical (unpaired) electrons. The van der Waals surface area contributed by atoms with E-state index in [2.05, 4.69) is 28.7 Å². The maximum absolute atomic E-state index is 9.18. The zero-order valence-electron chi connectivity index (χ0n) is 9.73. The Morgan fingerprint density at radius 2 is 1.82 bits per heavy atom. The molecule has 2 unspecified atom stereocenters. The lowest BCUT2D eigenvalue weighted by Gasteiger charge is -2.21. The third-order valence-electron chi connectivity index (χ3n) is 3.22. The van der Waals surface area contributed by atoms with Gasteiger partial charge in [0.05, 0.1) is 12.0 Å². The van der Waals surface area contributed by atoms with E-state index in [0.29, 0.717) is 0 Å². The molecule has 2 rings (SSSR count). The number of nitriles is 1. The van der Waals surface area contributed by atoms with Crippen LogP contribution in [0, 0.1) is 20.8 Å². The van der Waals surface area contributed by atoms with Gasteiger partial charge in [-0.1, -0.05) is 12.8 Å². The Kier molecular flexibility index (Phi) is 4.66. The van der Waals surface area contributed by atoms with Crippen molar-refractivity contribution in [3.05, 3.63) is 27.8 Å². The quantitative estimate of drug-likeness (QED) is 0.598. The molecule has 1 aromatic rings. The van der Waals surface area contributed by atoms with Gasteiger partial charge in [-0.25, -0.2) is 0 Å². The summed E-state index contributed by atoms with van der Waals surface area (Å²) in [5.41, 5.74) is 0. The normalized spacial score (nSPS) is 24.7. The van der Waals surface area contributed by atoms with Crippen molar-refractivity contribution >= 4 is 22.6 Å². The van der Waals surface area contributed by atoms with E-state index < -0.39 is 0 Å². The smallest absolute Gasteiger partial charge is 0.119 e. The molecule has 1 saturated carbocycles. The van der Waals surface area contributed by atoms with Crippen molar-refractivity contribution in [1.82, 2.24) is 0 Å². The number of ether oxygens (including phenoxy) is 1. The molecule has 1 fully saturated rings. The van der Waals surface area contributed by atoms with Crippen molar-refractivity contribution in [2.75, 3.05) is 0 Å². The molecule has 90 valence electrons. The molecule has 2 nitrogen and oxygen atoms in total. The second-order valence-electron chi connectivity index (χ2n) is 4.48. The first-order valence-corrected chi connectivity index (χ1v) is 7.19. The first-order valence-electron chi connectivity index (χ1n) is 6.11. The van der Waals surface area contributed by atoms with E-state index in [1.165, 1.54) is 16.4 Å². The molecule has 17 heavy (non-hydrogen) atoms. The number of rotatable bonds is 2. The van der Waals surface area contributed by atoms with Crippen molar-refractivity contribution < 1.29 is 4.74 Å². The van der Waals surface area contributed by atoms with Crippen LogP contribution >= 0.6 is 22.6 Å². The van der Waals surface area contributed by atoms with Gasteiger partial charge in [0.25, 0.3) is 0 Å². The summed E-state index contributed by atoms with van der Waals surface area (Å²) in [6.07, 6.45) is 5.61. The van der Waals surface area contributed by atoms with Crippen LogP contribution in [0.4, 0.5) is 0 Å². The van der Waals surface area contributed by atoms with E-state index in [9.17, 15) is 5.26 Å². The van der Waals surface area contributed by atoms with E-state index in [1.54, 1.807) is 0 Å². The fourth-order valence-electron chi connectivity index (χ4n) is 2.25. The molecule has 0 amide bonds. The number of halogens is 1. The SMILES string of the molecule is N#CC1CCCCCC1Oc1ccc(I)cc1. The summed E-state index contributed by atoms with van der Waals surface area (Å²) in [5.74, 6) is 0.939. The van der Waals surface area contributed by atoms with Gasteiger partial charge in [-0.2, -0.15) is 5.26 Å². The summed E-state index contributed by atoms with van der Waals surface area (Å²) in [5, 5.41) is 9.18. The van der Waals surface area contributed by atoms with Crippen LogP contribution in [0.25, 0.3) is 0 Å². The van der Waals surface area contributed by atoms with Gasteiger partial charge in [-0.3, -0.25) is 0 Å². The van der Waals surface area contributed by atoms with Crippen molar-refractivity contribution in [2.24, 2.45) is 5.92 Å². The second kappa shape index (κ2) is 6.25. The van der Waals surface area contributed by atoms with E-state index in [0.717, 1.165) is 25.0 Å². The van der Waals surface area contributed by atoms with Crippen molar-refractivity contribution in [3.63, 3.8) is 0 Å². The van der Waals surface area contributed by atoms with Crippen LogP contribution in [-0.4, -0.2) is 6.10 Å². The lowest BCUT2D eigenvalue weighted by Crippen LogP contribution is -2.24. The van der Waals surface area contributed by atoms with Crippen LogP contribution in [0.2, 0.25) is 0 Å². The Bertz CT molecular complexity index is 396. The van der Waals surface area contributed by atoms with Crippen LogP contribution < -0.4 is 4.74 Å². The topological polar surface area (TPSA) is 33.0 Å². The predicted molar refractivity (Wildman–Crippen MR) is 75.8 cm³/mol. The van der Waals surface area contributed by atoms with E-state index >= 15 is 0 Å². The third kappa shape index (κ3) is 3.60. The summed E-state index contributed by atoms with van der Waals surface area (Å²) in [6, 6.07) is 10.4. The van der Waals surface area contributed by atoms with E-state index in [1.807, 2.05) is 24.3 Å². The molecular weight excluding hydrogens is 325 g/mol. The summed E-state index contributed by atoms with van der Waals surface area (Å²) in [6.45, 7) is 0. The Labute approximate surface area is 116 Å². The van der Waals surface area contributed by atoms with Gasteiger partial charge in [0.2, 0.25) is 0 Å². The summed E-state index contributed by atoms with van der Waals surface area (Å²) < 4.78 is 7.17. The average Bonchev–Trinajstić information content (AvgIpc) is 2.57. The Balaban J connectivity index is 2.05. The van der Waals surface area contributed by atoms with Gasteiger partial charge in [-0.15, -0.1) is 0 Å². The van der Waals surface area contributed by atoms with Crippen LogP contribution in [0.3, 0.4) is 0 Å². The molecule has 0 aliphatic heterocycles. The maximum Gasteiger partial charge on any atom is 0.119 e. The first kappa shape index (κ1) is 12.7. The molecule has 3 heteroatoms. The van der Waals surface area contributed by atoms with Gasteiger partial charge in [0, 0.05) is 3.57 Å². The molecule has 0 spiro atoms. The predicted octanol–water partition coefficient (Wildman–Crippen LogP) is 4.14. The molecular formula is C14H16INO. The minimum atomic E-state index is 0.0526. The number of hydrogen-bond donors (Lipinski definition) is 0. The van der Waals surface area contributed by atoms with Crippen molar-refractivity contribution in [3.8, 4) is 11.8 Å². The molecule has 1 aliphatic carbocycles. The van der Waals surface area contributed by atoms with Gasteiger partial charge < -0.3 is 4.74 Å². The highest BCUT2D eigenvalue weighted by molar-refractivity contribution is 14.1. The van der Waals surface area contributed by atoms with Gasteiger partial charge in [0.15, 0.2) is 0 Å². The zero-order valence-corrected chi connectivity index (χ0v) is 11.9. The van der Waals surface area contributed by atoms with Crippen LogP contribution in [0.1, 0.15) is 32.1 Å². The molecule has 0 N–H and O–H groups in total. The zero-order chi connectivity index (χ0) is 12.1. The molecule has 1 aromatic carbocycles. The van der Waals surface area contributed by atoms with Crippen molar-refractivity contribution in [2.45, 2.75) is 38.2 Å². The molecule has 0 aromatic heterocycles. The minimum absolute atomic E-state index is 0.0526. The number of benzene rings is 1. The van der Waals surface area contributed by atoms with Crippen molar-refractivity contribution in [1.29, 1.82) is 5.26 Å². The summed E-state index contributed by atoms with van der Waals surface area (Å²) in [7, 11) is 0. The van der Waals surface area contributed by atoms with E-state index in [-0.39, 0.29) is 12.0 Å². The Hall–Kier alpha value is -0.760. The summed E-state index contributed by atoms with van der Waals surface area (Å²) in [4.78, 5) is 0. The highest BCUT2D eigenvalue weighted by Crippen LogP contribution is 2.27. The Morgan fingerprint density at radius 1 is 1.12 bits per heavy atom. The number of nitrogens with zero attached hydrogens (tertiary/aromatic N) is 1. The van der Waals surface area contributed by atoms with Crippen LogP contribution in [-0.2, 0) is 0 Å². The standard InChI is InChI=1S/C14H16INO/c15-12-6-8-13(9-7-12)17-14-5-3-1-2-4-11(14)10-16/h6-9,11,14H,1-5H2. The highest BCUT2D eigenvalue weighted by Gasteiger charge is 2.25.